The summed E-state index contributed by atoms with van der Waals surface area (Å²) in [6.45, 7) is 2.62. The van der Waals surface area contributed by atoms with Gasteiger partial charge in [-0.2, -0.15) is 0 Å². The molecular weight excluding hydrogens is 358 g/mol. The maximum atomic E-state index is 11.6. The van der Waals surface area contributed by atoms with Gasteiger partial charge in [0, 0.05) is 12.8 Å². The summed E-state index contributed by atoms with van der Waals surface area (Å²) in [6.07, 6.45) is 4.35. The zero-order chi connectivity index (χ0) is 18.6. The summed E-state index contributed by atoms with van der Waals surface area (Å²) in [5.41, 5.74) is 2.03. The van der Waals surface area contributed by atoms with Gasteiger partial charge in [0.25, 0.3) is 5.19 Å². The second kappa shape index (κ2) is 8.09. The first-order valence-electron chi connectivity index (χ1n) is 9.52. The molecule has 1 aliphatic carbocycles. The number of fused-ring (bicyclic) bond motifs is 1. The Hall–Kier alpha value is -2.40. The van der Waals surface area contributed by atoms with Crippen molar-refractivity contribution < 1.29 is 14.3 Å². The number of benzene rings is 2. The van der Waals surface area contributed by atoms with Crippen LogP contribution in [0.1, 0.15) is 38.2 Å². The van der Waals surface area contributed by atoms with Crippen LogP contribution in [-0.2, 0) is 11.2 Å². The van der Waals surface area contributed by atoms with E-state index in [1.165, 1.54) is 24.2 Å². The molecule has 0 bridgehead atoms. The molecule has 0 atom stereocenters. The van der Waals surface area contributed by atoms with Gasteiger partial charge in [0.05, 0.1) is 16.8 Å². The van der Waals surface area contributed by atoms with Crippen LogP contribution < -0.4 is 9.47 Å². The summed E-state index contributed by atoms with van der Waals surface area (Å²) < 4.78 is 13.2. The van der Waals surface area contributed by atoms with E-state index in [0.29, 0.717) is 36.3 Å². The Bertz CT molecular complexity index is 913. The third-order valence-corrected chi connectivity index (χ3v) is 5.65. The molecule has 5 heteroatoms. The number of carbonyl (C=O) groups excluding carboxylic acids is 1. The monoisotopic (exact) mass is 381 g/mol. The summed E-state index contributed by atoms with van der Waals surface area (Å²) in [7, 11) is 0. The van der Waals surface area contributed by atoms with E-state index in [-0.39, 0.29) is 5.78 Å². The maximum Gasteiger partial charge on any atom is 0.279 e. The third kappa shape index (κ3) is 4.66. The number of hydrogen-bond acceptors (Lipinski definition) is 5. The highest BCUT2D eigenvalue weighted by Gasteiger charge is 2.23. The normalized spacial score (nSPS) is 13.7. The van der Waals surface area contributed by atoms with Crippen LogP contribution in [0.5, 0.6) is 16.7 Å². The topological polar surface area (TPSA) is 48.4 Å². The fourth-order valence-corrected chi connectivity index (χ4v) is 3.67. The quantitative estimate of drug-likeness (QED) is 0.471. The van der Waals surface area contributed by atoms with Gasteiger partial charge in [0.2, 0.25) is 0 Å². The molecule has 3 aromatic rings. The predicted octanol–water partition coefficient (Wildman–Crippen LogP) is 5.79. The van der Waals surface area contributed by atoms with Crippen molar-refractivity contribution in [2.75, 3.05) is 6.61 Å². The number of ether oxygens (including phenoxy) is 2. The minimum absolute atomic E-state index is 0.283. The SMILES string of the molecule is CCC(=O)CCc1ccc(Oc2nc3ccccc3s2)c(OCC2CC2)c1. The van der Waals surface area contributed by atoms with Crippen LogP contribution in [0.15, 0.2) is 42.5 Å². The Labute approximate surface area is 163 Å². The zero-order valence-electron chi connectivity index (χ0n) is 15.4. The maximum absolute atomic E-state index is 11.6. The van der Waals surface area contributed by atoms with Crippen LogP contribution in [0, 0.1) is 5.92 Å². The molecule has 0 spiro atoms. The van der Waals surface area contributed by atoms with E-state index in [1.54, 1.807) is 0 Å². The lowest BCUT2D eigenvalue weighted by Gasteiger charge is -2.12. The molecule has 0 unspecified atom stereocenters. The highest BCUT2D eigenvalue weighted by Crippen LogP contribution is 2.38. The number of Topliss-reactive ketones (excluding diaryl/α,β-unsaturated/α-hetero) is 1. The number of rotatable bonds is 9. The Morgan fingerprint density at radius 3 is 2.81 bits per heavy atom. The van der Waals surface area contributed by atoms with Crippen molar-refractivity contribution in [3.05, 3.63) is 48.0 Å². The Balaban J connectivity index is 1.54. The van der Waals surface area contributed by atoms with Crippen LogP contribution in [-0.4, -0.2) is 17.4 Å². The second-order valence-electron chi connectivity index (χ2n) is 6.98. The number of aromatic nitrogens is 1. The first-order valence-corrected chi connectivity index (χ1v) is 10.3. The first-order chi connectivity index (χ1) is 13.2. The van der Waals surface area contributed by atoms with Gasteiger partial charge in [0.15, 0.2) is 11.5 Å². The fourth-order valence-electron chi connectivity index (χ4n) is 2.85. The van der Waals surface area contributed by atoms with E-state index in [2.05, 4.69) is 4.98 Å². The number of thiazole rings is 1. The van der Waals surface area contributed by atoms with Crippen molar-refractivity contribution in [3.63, 3.8) is 0 Å². The molecule has 1 heterocycles. The van der Waals surface area contributed by atoms with E-state index in [0.717, 1.165) is 28.0 Å². The van der Waals surface area contributed by atoms with Gasteiger partial charge in [-0.25, -0.2) is 4.98 Å². The van der Waals surface area contributed by atoms with E-state index in [1.807, 2.05) is 49.4 Å². The first kappa shape index (κ1) is 18.0. The van der Waals surface area contributed by atoms with Gasteiger partial charge in [-0.3, -0.25) is 4.79 Å². The molecule has 0 N–H and O–H groups in total. The number of hydrogen-bond donors (Lipinski definition) is 0. The Morgan fingerprint density at radius 2 is 2.04 bits per heavy atom. The number of carbonyl (C=O) groups is 1. The van der Waals surface area contributed by atoms with Crippen LogP contribution in [0.2, 0.25) is 0 Å². The van der Waals surface area contributed by atoms with E-state index in [4.69, 9.17) is 9.47 Å². The number of ketones is 1. The van der Waals surface area contributed by atoms with E-state index >= 15 is 0 Å². The second-order valence-corrected chi connectivity index (χ2v) is 7.97. The van der Waals surface area contributed by atoms with Crippen molar-refractivity contribution >= 4 is 27.3 Å². The van der Waals surface area contributed by atoms with Crippen molar-refractivity contribution in [3.8, 4) is 16.7 Å². The molecule has 140 valence electrons. The van der Waals surface area contributed by atoms with Crippen LogP contribution >= 0.6 is 11.3 Å². The van der Waals surface area contributed by atoms with Gasteiger partial charge in [-0.1, -0.05) is 36.5 Å². The number of aryl methyl sites for hydroxylation is 1. The van der Waals surface area contributed by atoms with Gasteiger partial charge >= 0.3 is 0 Å². The molecule has 0 amide bonds. The smallest absolute Gasteiger partial charge is 0.279 e. The lowest BCUT2D eigenvalue weighted by molar-refractivity contribution is -0.118. The van der Waals surface area contributed by atoms with Crippen molar-refractivity contribution in [1.82, 2.24) is 4.98 Å². The molecule has 1 aromatic heterocycles. The standard InChI is InChI=1S/C22H23NO3S/c1-2-17(24)11-9-15-10-12-19(20(13-15)25-14-16-7-8-16)26-22-23-18-5-3-4-6-21(18)27-22/h3-6,10,12-13,16H,2,7-9,11,14H2,1H3. The van der Waals surface area contributed by atoms with E-state index in [9.17, 15) is 4.79 Å². The minimum atomic E-state index is 0.283. The van der Waals surface area contributed by atoms with Gasteiger partial charge in [0.1, 0.15) is 5.78 Å². The van der Waals surface area contributed by atoms with Crippen molar-refractivity contribution in [2.24, 2.45) is 5.92 Å². The highest BCUT2D eigenvalue weighted by atomic mass is 32.1. The molecule has 2 aromatic carbocycles. The average Bonchev–Trinajstić information content (AvgIpc) is 3.43. The number of nitrogens with zero attached hydrogens (tertiary/aromatic N) is 1. The third-order valence-electron chi connectivity index (χ3n) is 4.74. The van der Waals surface area contributed by atoms with Crippen molar-refractivity contribution in [1.29, 1.82) is 0 Å². The number of para-hydroxylation sites is 1. The largest absolute Gasteiger partial charge is 0.489 e. The zero-order valence-corrected chi connectivity index (χ0v) is 16.3. The van der Waals surface area contributed by atoms with Gasteiger partial charge < -0.3 is 9.47 Å². The highest BCUT2D eigenvalue weighted by molar-refractivity contribution is 7.20. The summed E-state index contributed by atoms with van der Waals surface area (Å²) in [4.78, 5) is 16.2. The van der Waals surface area contributed by atoms with E-state index < -0.39 is 0 Å². The lowest BCUT2D eigenvalue weighted by atomic mass is 10.1. The molecule has 0 saturated heterocycles. The van der Waals surface area contributed by atoms with Gasteiger partial charge in [-0.05, 0) is 55.0 Å². The van der Waals surface area contributed by atoms with Crippen LogP contribution in [0.25, 0.3) is 10.2 Å². The molecule has 0 aliphatic heterocycles. The molecule has 4 rings (SSSR count). The molecule has 27 heavy (non-hydrogen) atoms. The molecular formula is C22H23NO3S. The summed E-state index contributed by atoms with van der Waals surface area (Å²) >= 11 is 1.53. The molecule has 4 nitrogen and oxygen atoms in total. The molecule has 0 radical (unpaired) electrons. The van der Waals surface area contributed by atoms with Crippen LogP contribution in [0.3, 0.4) is 0 Å². The summed E-state index contributed by atoms with van der Waals surface area (Å²) in [5.74, 6) is 2.36. The predicted molar refractivity (Wildman–Crippen MR) is 108 cm³/mol. The molecule has 1 aliphatic rings. The minimum Gasteiger partial charge on any atom is -0.489 e. The Morgan fingerprint density at radius 1 is 1.19 bits per heavy atom. The van der Waals surface area contributed by atoms with Crippen LogP contribution in [0.4, 0.5) is 0 Å². The molecule has 1 fully saturated rings. The lowest BCUT2D eigenvalue weighted by Crippen LogP contribution is -2.02. The summed E-state index contributed by atoms with van der Waals surface area (Å²) in [5, 5.41) is 0.612. The summed E-state index contributed by atoms with van der Waals surface area (Å²) in [6, 6.07) is 13.9. The average molecular weight is 381 g/mol. The fraction of sp³-hybridized carbons (Fsp3) is 0.364. The van der Waals surface area contributed by atoms with Crippen molar-refractivity contribution in [2.45, 2.75) is 39.0 Å². The van der Waals surface area contributed by atoms with Gasteiger partial charge in [-0.15, -0.1) is 0 Å². The molecule has 1 saturated carbocycles. The Kier molecular flexibility index (Phi) is 5.39.